The molecule has 4 rings (SSSR count). The van der Waals surface area contributed by atoms with Crippen LogP contribution in [0.5, 0.6) is 5.75 Å². The van der Waals surface area contributed by atoms with E-state index in [0.717, 1.165) is 24.0 Å². The van der Waals surface area contributed by atoms with E-state index in [-0.39, 0.29) is 30.3 Å². The third kappa shape index (κ3) is 7.55. The first-order valence-electron chi connectivity index (χ1n) is 12.2. The van der Waals surface area contributed by atoms with Gasteiger partial charge in [0.1, 0.15) is 11.9 Å². The highest BCUT2D eigenvalue weighted by Crippen LogP contribution is 2.30. The number of carbonyl (C=O) groups excluding carboxylic acids is 2. The first-order valence-corrected chi connectivity index (χ1v) is 12.2. The molecule has 1 saturated carbocycles. The van der Waals surface area contributed by atoms with Crippen LogP contribution < -0.4 is 15.4 Å². The summed E-state index contributed by atoms with van der Waals surface area (Å²) in [5.74, 6) is -0.710. The normalized spacial score (nSPS) is 19.1. The van der Waals surface area contributed by atoms with Gasteiger partial charge >= 0.3 is 24.7 Å². The number of aliphatic carboxylic acids is 1. The number of amides is 3. The number of nitrogens with one attached hydrogen (secondary N) is 2. The first-order chi connectivity index (χ1) is 17.7. The number of hydrogen-bond donors (Lipinski definition) is 3. The van der Waals surface area contributed by atoms with Gasteiger partial charge in [-0.1, -0.05) is 12.1 Å². The summed E-state index contributed by atoms with van der Waals surface area (Å²) in [6.45, 7) is -2.08. The van der Waals surface area contributed by atoms with Gasteiger partial charge in [0.05, 0.1) is 0 Å². The first kappa shape index (κ1) is 26.2. The maximum absolute atomic E-state index is 12.7. The highest BCUT2D eigenvalue weighted by molar-refractivity contribution is 5.99. The molecule has 0 bridgehead atoms. The quantitative estimate of drug-likeness (QED) is 0.449. The van der Waals surface area contributed by atoms with Gasteiger partial charge in [0, 0.05) is 37.0 Å². The molecule has 198 valence electrons. The van der Waals surface area contributed by atoms with Crippen LogP contribution in [0, 0.1) is 5.92 Å². The number of carbonyl (C=O) groups is 3. The van der Waals surface area contributed by atoms with Crippen molar-refractivity contribution >= 4 is 29.5 Å². The van der Waals surface area contributed by atoms with Crippen LogP contribution in [0.1, 0.15) is 43.2 Å². The van der Waals surface area contributed by atoms with Gasteiger partial charge < -0.3 is 30.1 Å². The number of nitrogens with zero attached hydrogens (tertiary/aromatic N) is 1. The molecule has 1 aliphatic carbocycles. The molecule has 0 atom stereocenters. The van der Waals surface area contributed by atoms with Crippen molar-refractivity contribution in [3.05, 3.63) is 53.6 Å². The number of rotatable bonds is 7. The maximum atomic E-state index is 12.7. The molecule has 0 unspecified atom stereocenters. The zero-order valence-corrected chi connectivity index (χ0v) is 20.1. The Morgan fingerprint density at radius 3 is 2.43 bits per heavy atom. The molecule has 3 N–H and O–H groups in total. The second kappa shape index (κ2) is 11.9. The Labute approximate surface area is 212 Å². The summed E-state index contributed by atoms with van der Waals surface area (Å²) in [5.41, 5.74) is 2.82. The molecule has 1 heterocycles. The number of anilines is 2. The fourth-order valence-electron chi connectivity index (χ4n) is 4.75. The zero-order chi connectivity index (χ0) is 26.4. The molecule has 0 aromatic heterocycles. The van der Waals surface area contributed by atoms with Gasteiger partial charge in [-0.15, -0.1) is 0 Å². The Bertz CT molecular complexity index is 1140. The number of ether oxygens (including phenoxy) is 2. The van der Waals surface area contributed by atoms with E-state index in [4.69, 9.17) is 9.84 Å². The third-order valence-electron chi connectivity index (χ3n) is 6.58. The molecule has 2 aromatic rings. The number of urea groups is 1. The lowest BCUT2D eigenvalue weighted by molar-refractivity contribution is -0.138. The van der Waals surface area contributed by atoms with E-state index in [2.05, 4.69) is 15.4 Å². The van der Waals surface area contributed by atoms with Crippen LogP contribution in [-0.4, -0.2) is 47.4 Å². The summed E-state index contributed by atoms with van der Waals surface area (Å²) in [5, 5.41) is 14.2. The summed E-state index contributed by atoms with van der Waals surface area (Å²) < 4.78 is 34.8. The Balaban J connectivity index is 1.27. The third-order valence-corrected chi connectivity index (χ3v) is 6.58. The van der Waals surface area contributed by atoms with E-state index in [9.17, 15) is 23.2 Å². The Kier molecular flexibility index (Phi) is 8.42. The van der Waals surface area contributed by atoms with Crippen molar-refractivity contribution in [3.8, 4) is 5.75 Å². The van der Waals surface area contributed by atoms with E-state index in [1.54, 1.807) is 17.0 Å². The second-order valence-corrected chi connectivity index (χ2v) is 9.26. The highest BCUT2D eigenvalue weighted by atomic mass is 19.3. The van der Waals surface area contributed by atoms with Gasteiger partial charge in [-0.2, -0.15) is 8.78 Å². The van der Waals surface area contributed by atoms with E-state index in [0.29, 0.717) is 43.7 Å². The average molecular weight is 518 g/mol. The molecule has 0 spiro atoms. The van der Waals surface area contributed by atoms with E-state index >= 15 is 0 Å². The Morgan fingerprint density at radius 1 is 1.00 bits per heavy atom. The van der Waals surface area contributed by atoms with Crippen molar-refractivity contribution in [1.29, 1.82) is 0 Å². The number of benzene rings is 2. The Morgan fingerprint density at radius 2 is 1.73 bits per heavy atom. The topological polar surface area (TPSA) is 117 Å². The number of carboxylic acid groups (broad SMARTS) is 1. The molecule has 0 radical (unpaired) electrons. The maximum Gasteiger partial charge on any atom is 0.410 e. The molecule has 1 aliphatic heterocycles. The van der Waals surface area contributed by atoms with Crippen LogP contribution in [-0.2, 0) is 22.5 Å². The van der Waals surface area contributed by atoms with E-state index in [1.807, 2.05) is 12.1 Å². The summed E-state index contributed by atoms with van der Waals surface area (Å²) in [6.07, 6.45) is 3.03. The number of halogens is 2. The lowest BCUT2D eigenvalue weighted by atomic mass is 9.85. The number of carboxylic acids is 1. The number of hydrogen-bond acceptors (Lipinski definition) is 5. The van der Waals surface area contributed by atoms with Gasteiger partial charge in [-0.05, 0) is 73.4 Å². The van der Waals surface area contributed by atoms with E-state index < -0.39 is 18.6 Å². The predicted octanol–water partition coefficient (Wildman–Crippen LogP) is 5.46. The smallest absolute Gasteiger partial charge is 0.410 e. The SMILES string of the molecule is O=C(O)CC1CCC(OC(=O)N2CCc3cc(NC(=O)Nc4cccc(OC(F)F)c4)ccc3C2)CC1. The summed E-state index contributed by atoms with van der Waals surface area (Å²) in [4.78, 5) is 37.6. The van der Waals surface area contributed by atoms with Crippen molar-refractivity contribution in [3.63, 3.8) is 0 Å². The lowest BCUT2D eigenvalue weighted by Gasteiger charge is -2.32. The van der Waals surface area contributed by atoms with Crippen molar-refractivity contribution < 1.29 is 37.7 Å². The van der Waals surface area contributed by atoms with Crippen LogP contribution in [0.3, 0.4) is 0 Å². The van der Waals surface area contributed by atoms with Gasteiger partial charge in [-0.3, -0.25) is 4.79 Å². The molecule has 1 fully saturated rings. The van der Waals surface area contributed by atoms with Crippen LogP contribution in [0.2, 0.25) is 0 Å². The number of alkyl halides is 2. The molecule has 9 nitrogen and oxygen atoms in total. The molecule has 3 amide bonds. The molecule has 0 saturated heterocycles. The minimum Gasteiger partial charge on any atom is -0.481 e. The van der Waals surface area contributed by atoms with Crippen LogP contribution in [0.4, 0.5) is 29.7 Å². The largest absolute Gasteiger partial charge is 0.481 e. The van der Waals surface area contributed by atoms with Gasteiger partial charge in [0.2, 0.25) is 0 Å². The summed E-state index contributed by atoms with van der Waals surface area (Å²) >= 11 is 0. The minimum atomic E-state index is -2.96. The summed E-state index contributed by atoms with van der Waals surface area (Å²) in [7, 11) is 0. The Hall–Kier alpha value is -3.89. The van der Waals surface area contributed by atoms with Crippen LogP contribution in [0.15, 0.2) is 42.5 Å². The summed E-state index contributed by atoms with van der Waals surface area (Å²) in [6, 6.07) is 10.6. The standard InChI is InChI=1S/C26H29F2N3O6/c27-24(28)36-22-3-1-2-19(14-22)29-25(34)30-20-7-6-18-15-31(11-10-17(18)13-20)26(35)37-21-8-4-16(5-9-21)12-23(32)33/h1-3,6-7,13-14,16,21,24H,4-5,8-12,15H2,(H,32,33)(H2,29,30,34). The monoisotopic (exact) mass is 517 g/mol. The lowest BCUT2D eigenvalue weighted by Crippen LogP contribution is -2.39. The van der Waals surface area contributed by atoms with Crippen molar-refractivity contribution in [2.45, 2.75) is 57.8 Å². The number of fused-ring (bicyclic) bond motifs is 1. The molecule has 37 heavy (non-hydrogen) atoms. The fraction of sp³-hybridized carbons (Fsp3) is 0.423. The zero-order valence-electron chi connectivity index (χ0n) is 20.1. The molecular weight excluding hydrogens is 488 g/mol. The minimum absolute atomic E-state index is 0.0597. The predicted molar refractivity (Wildman–Crippen MR) is 131 cm³/mol. The van der Waals surface area contributed by atoms with Crippen molar-refractivity contribution in [1.82, 2.24) is 4.90 Å². The molecule has 2 aliphatic rings. The molecule has 2 aromatic carbocycles. The van der Waals surface area contributed by atoms with E-state index in [1.165, 1.54) is 18.2 Å². The second-order valence-electron chi connectivity index (χ2n) is 9.26. The molecular formula is C26H29F2N3O6. The van der Waals surface area contributed by atoms with Crippen molar-refractivity contribution in [2.24, 2.45) is 5.92 Å². The van der Waals surface area contributed by atoms with Gasteiger partial charge in [0.25, 0.3) is 0 Å². The van der Waals surface area contributed by atoms with Crippen LogP contribution >= 0.6 is 0 Å². The highest BCUT2D eigenvalue weighted by Gasteiger charge is 2.28. The molecule has 11 heteroatoms. The van der Waals surface area contributed by atoms with Crippen molar-refractivity contribution in [2.75, 3.05) is 17.2 Å². The fourth-order valence-corrected chi connectivity index (χ4v) is 4.75. The van der Waals surface area contributed by atoms with Gasteiger partial charge in [-0.25, -0.2) is 9.59 Å². The average Bonchev–Trinajstić information content (AvgIpc) is 2.84. The van der Waals surface area contributed by atoms with Gasteiger partial charge in [0.15, 0.2) is 0 Å². The van der Waals surface area contributed by atoms with Crippen LogP contribution in [0.25, 0.3) is 0 Å².